The summed E-state index contributed by atoms with van der Waals surface area (Å²) in [4.78, 5) is 27.8. The van der Waals surface area contributed by atoms with E-state index in [1.165, 1.54) is 29.2 Å². The minimum Gasteiger partial charge on any atom is -0.350 e. The summed E-state index contributed by atoms with van der Waals surface area (Å²) in [5, 5.41) is 3.38. The average molecular weight is 546 g/mol. The van der Waals surface area contributed by atoms with Gasteiger partial charge in [0.1, 0.15) is 11.9 Å². The third-order valence-electron chi connectivity index (χ3n) is 5.80. The summed E-state index contributed by atoms with van der Waals surface area (Å²) in [7, 11) is -3.74. The van der Waals surface area contributed by atoms with Crippen molar-refractivity contribution < 1.29 is 22.4 Å². The molecule has 10 heteroatoms. The zero-order chi connectivity index (χ0) is 27.0. The van der Waals surface area contributed by atoms with Crippen LogP contribution >= 0.6 is 11.6 Å². The molecule has 0 heterocycles. The van der Waals surface area contributed by atoms with E-state index in [0.29, 0.717) is 10.6 Å². The molecule has 0 aliphatic carbocycles. The second-order valence-corrected chi connectivity index (χ2v) is 11.1. The molecule has 1 atom stereocenters. The summed E-state index contributed by atoms with van der Waals surface area (Å²) < 4.78 is 39.5. The lowest BCUT2D eigenvalue weighted by Gasteiger charge is -2.31. The molecule has 7 nitrogen and oxygen atoms in total. The fourth-order valence-electron chi connectivity index (χ4n) is 3.63. The lowest BCUT2D eigenvalue weighted by Crippen LogP contribution is -2.50. The Hall–Kier alpha value is -3.27. The third-order valence-corrected chi connectivity index (χ3v) is 7.24. The van der Waals surface area contributed by atoms with Crippen molar-refractivity contribution in [3.63, 3.8) is 0 Å². The number of hydrogen-bond donors (Lipinski definition) is 1. The zero-order valence-corrected chi connectivity index (χ0v) is 22.2. The zero-order valence-electron chi connectivity index (χ0n) is 20.6. The van der Waals surface area contributed by atoms with E-state index < -0.39 is 40.2 Å². The van der Waals surface area contributed by atoms with Crippen LogP contribution in [0.3, 0.4) is 0 Å². The summed E-state index contributed by atoms with van der Waals surface area (Å²) in [6, 6.07) is 20.5. The summed E-state index contributed by atoms with van der Waals surface area (Å²) in [6.45, 7) is 1.34. The molecule has 0 bridgehead atoms. The first-order valence-corrected chi connectivity index (χ1v) is 13.8. The van der Waals surface area contributed by atoms with Gasteiger partial charge in [-0.2, -0.15) is 4.31 Å². The predicted octanol–water partition coefficient (Wildman–Crippen LogP) is 3.97. The van der Waals surface area contributed by atoms with Crippen molar-refractivity contribution in [1.82, 2.24) is 14.5 Å². The highest BCUT2D eigenvalue weighted by molar-refractivity contribution is 7.88. The largest absolute Gasteiger partial charge is 0.350 e. The highest BCUT2D eigenvalue weighted by atomic mass is 35.5. The van der Waals surface area contributed by atoms with E-state index in [2.05, 4.69) is 5.32 Å². The monoisotopic (exact) mass is 545 g/mol. The maximum Gasteiger partial charge on any atom is 0.242 e. The maximum atomic E-state index is 13.5. The molecule has 0 aliphatic heterocycles. The van der Waals surface area contributed by atoms with Gasteiger partial charge in [0.15, 0.2) is 0 Å². The van der Waals surface area contributed by atoms with Gasteiger partial charge in [0.05, 0.1) is 12.8 Å². The maximum absolute atomic E-state index is 13.5. The lowest BCUT2D eigenvalue weighted by molar-refractivity contribution is -0.140. The van der Waals surface area contributed by atoms with Gasteiger partial charge in [-0.15, -0.1) is 0 Å². The van der Waals surface area contributed by atoms with Crippen LogP contribution in [0.25, 0.3) is 0 Å². The fourth-order valence-corrected chi connectivity index (χ4v) is 4.48. The van der Waals surface area contributed by atoms with Crippen molar-refractivity contribution in [1.29, 1.82) is 0 Å². The number of nitrogens with one attached hydrogen (secondary N) is 1. The molecule has 3 aromatic carbocycles. The molecule has 37 heavy (non-hydrogen) atoms. The van der Waals surface area contributed by atoms with Crippen LogP contribution in [0.1, 0.15) is 23.6 Å². The molecule has 0 radical (unpaired) electrons. The Balaban J connectivity index is 1.80. The Kier molecular flexibility index (Phi) is 9.79. The molecule has 3 aromatic rings. The number of carbonyl (C=O) groups excluding carboxylic acids is 2. The predicted molar refractivity (Wildman–Crippen MR) is 141 cm³/mol. The van der Waals surface area contributed by atoms with Gasteiger partial charge in [-0.25, -0.2) is 12.8 Å². The molecule has 0 fully saturated rings. The molecular formula is C27H29ClFN3O4S. The van der Waals surface area contributed by atoms with Gasteiger partial charge in [-0.3, -0.25) is 9.59 Å². The molecule has 0 spiro atoms. The Labute approximate surface area is 221 Å². The number of nitrogens with zero attached hydrogens (tertiary/aromatic N) is 2. The number of rotatable bonds is 11. The minimum absolute atomic E-state index is 0.00240. The van der Waals surface area contributed by atoms with Crippen LogP contribution in [-0.2, 0) is 39.2 Å². The van der Waals surface area contributed by atoms with Crippen LogP contribution in [0.15, 0.2) is 78.9 Å². The van der Waals surface area contributed by atoms with Crippen LogP contribution in [0.5, 0.6) is 0 Å². The van der Waals surface area contributed by atoms with Crippen LogP contribution in [0, 0.1) is 5.82 Å². The number of amides is 2. The number of halogens is 2. The Morgan fingerprint density at radius 1 is 0.892 bits per heavy atom. The third kappa shape index (κ3) is 8.66. The summed E-state index contributed by atoms with van der Waals surface area (Å²) >= 11 is 5.91. The molecular weight excluding hydrogens is 517 g/mol. The fraction of sp³-hybridized carbons (Fsp3) is 0.259. The second kappa shape index (κ2) is 12.8. The van der Waals surface area contributed by atoms with Crippen LogP contribution in [-0.4, -0.2) is 48.3 Å². The molecule has 3 rings (SSSR count). The van der Waals surface area contributed by atoms with Crippen molar-refractivity contribution in [2.45, 2.75) is 32.6 Å². The average Bonchev–Trinajstić information content (AvgIpc) is 2.87. The quantitative estimate of drug-likeness (QED) is 0.395. The van der Waals surface area contributed by atoms with E-state index in [0.717, 1.165) is 21.7 Å². The number of carbonyl (C=O) groups is 2. The van der Waals surface area contributed by atoms with Gasteiger partial charge in [-0.1, -0.05) is 66.2 Å². The van der Waals surface area contributed by atoms with E-state index >= 15 is 0 Å². The summed E-state index contributed by atoms with van der Waals surface area (Å²) in [5.74, 6) is -1.40. The standard InChI is InChI=1S/C27H29ClFN3O4S/c1-20(27(34)30-16-21-8-12-24(28)13-9-21)32(18-23-10-14-25(29)15-11-23)26(33)19-31(37(2,35)36)17-22-6-4-3-5-7-22/h3-15,20H,16-19H2,1-2H3,(H,30,34)/t20-/m1/s1. The topological polar surface area (TPSA) is 86.8 Å². The van der Waals surface area contributed by atoms with Crippen LogP contribution < -0.4 is 5.32 Å². The van der Waals surface area contributed by atoms with Gasteiger partial charge < -0.3 is 10.2 Å². The number of benzene rings is 3. The Bertz CT molecular complexity index is 1300. The normalized spacial score (nSPS) is 12.2. The SMILES string of the molecule is C[C@H](C(=O)NCc1ccc(Cl)cc1)N(Cc1ccc(F)cc1)C(=O)CN(Cc1ccccc1)S(C)(=O)=O. The number of hydrogen-bond acceptors (Lipinski definition) is 4. The van der Waals surface area contributed by atoms with Crippen LogP contribution in [0.2, 0.25) is 5.02 Å². The van der Waals surface area contributed by atoms with Gasteiger partial charge in [0.2, 0.25) is 21.8 Å². The van der Waals surface area contributed by atoms with Crippen molar-refractivity contribution >= 4 is 33.4 Å². The highest BCUT2D eigenvalue weighted by Crippen LogP contribution is 2.15. The van der Waals surface area contributed by atoms with Crippen molar-refractivity contribution in [3.05, 3.63) is 106 Å². The van der Waals surface area contributed by atoms with E-state index in [4.69, 9.17) is 11.6 Å². The molecule has 196 valence electrons. The molecule has 0 aromatic heterocycles. The molecule has 2 amide bonds. The number of sulfonamides is 1. The van der Waals surface area contributed by atoms with E-state index in [-0.39, 0.29) is 19.6 Å². The smallest absolute Gasteiger partial charge is 0.242 e. The van der Waals surface area contributed by atoms with E-state index in [1.54, 1.807) is 55.5 Å². The van der Waals surface area contributed by atoms with Crippen LogP contribution in [0.4, 0.5) is 4.39 Å². The van der Waals surface area contributed by atoms with Gasteiger partial charge in [0.25, 0.3) is 0 Å². The van der Waals surface area contributed by atoms with Gasteiger partial charge >= 0.3 is 0 Å². The minimum atomic E-state index is -3.74. The Morgan fingerprint density at radius 3 is 2.05 bits per heavy atom. The van der Waals surface area contributed by atoms with Gasteiger partial charge in [0, 0.05) is 24.7 Å². The van der Waals surface area contributed by atoms with Crippen molar-refractivity contribution in [2.24, 2.45) is 0 Å². The van der Waals surface area contributed by atoms with Crippen molar-refractivity contribution in [3.8, 4) is 0 Å². The molecule has 0 saturated heterocycles. The molecule has 1 N–H and O–H groups in total. The first kappa shape index (κ1) is 28.3. The second-order valence-electron chi connectivity index (χ2n) is 8.69. The Morgan fingerprint density at radius 2 is 1.46 bits per heavy atom. The lowest BCUT2D eigenvalue weighted by atomic mass is 10.1. The molecule has 0 saturated carbocycles. The van der Waals surface area contributed by atoms with E-state index in [1.807, 2.05) is 6.07 Å². The van der Waals surface area contributed by atoms with E-state index in [9.17, 15) is 22.4 Å². The summed E-state index contributed by atoms with van der Waals surface area (Å²) in [5.41, 5.74) is 2.15. The first-order chi connectivity index (χ1) is 17.5. The first-order valence-electron chi connectivity index (χ1n) is 11.6. The van der Waals surface area contributed by atoms with Gasteiger partial charge in [-0.05, 0) is 47.9 Å². The molecule has 0 aliphatic rings. The highest BCUT2D eigenvalue weighted by Gasteiger charge is 2.29. The summed E-state index contributed by atoms with van der Waals surface area (Å²) in [6.07, 6.45) is 1.04. The van der Waals surface area contributed by atoms with Crippen molar-refractivity contribution in [2.75, 3.05) is 12.8 Å². The molecule has 0 unspecified atom stereocenters.